The molecule has 0 aliphatic carbocycles. The quantitative estimate of drug-likeness (QED) is 0.466. The average Bonchev–Trinajstić information content (AvgIpc) is 3.32. The van der Waals surface area contributed by atoms with Crippen LogP contribution in [0.1, 0.15) is 49.0 Å². The smallest absolute Gasteiger partial charge is 0.251 e. The van der Waals surface area contributed by atoms with Crippen LogP contribution in [0.5, 0.6) is 0 Å². The van der Waals surface area contributed by atoms with Crippen LogP contribution in [0.15, 0.2) is 46.8 Å². The van der Waals surface area contributed by atoms with Gasteiger partial charge in [-0.3, -0.25) is 9.79 Å². The van der Waals surface area contributed by atoms with E-state index in [0.717, 1.165) is 43.9 Å². The minimum absolute atomic E-state index is 0.0220. The number of nitrogens with zero attached hydrogens (tertiary/aromatic N) is 2. The molecule has 1 atom stereocenters. The van der Waals surface area contributed by atoms with E-state index in [1.807, 2.05) is 31.2 Å². The molecule has 1 aliphatic heterocycles. The highest BCUT2D eigenvalue weighted by Gasteiger charge is 2.20. The molecule has 1 unspecified atom stereocenters. The minimum atomic E-state index is -0.0220. The molecule has 1 aliphatic rings. The van der Waals surface area contributed by atoms with Crippen LogP contribution in [0, 0.1) is 0 Å². The summed E-state index contributed by atoms with van der Waals surface area (Å²) in [5, 5.41) is 13.4. The molecule has 162 valence electrons. The van der Waals surface area contributed by atoms with Gasteiger partial charge in [-0.25, -0.2) is 0 Å². The van der Waals surface area contributed by atoms with Crippen LogP contribution in [0.25, 0.3) is 0 Å². The Kier molecular flexibility index (Phi) is 8.13. The van der Waals surface area contributed by atoms with Crippen molar-refractivity contribution in [1.82, 2.24) is 16.0 Å². The number of rotatable bonds is 7. The number of carbonyl (C=O) groups is 1. The van der Waals surface area contributed by atoms with Crippen molar-refractivity contribution in [1.29, 1.82) is 0 Å². The Morgan fingerprint density at radius 2 is 2.07 bits per heavy atom. The van der Waals surface area contributed by atoms with Crippen molar-refractivity contribution >= 4 is 28.2 Å². The van der Waals surface area contributed by atoms with Gasteiger partial charge in [-0.05, 0) is 61.4 Å². The van der Waals surface area contributed by atoms with Crippen molar-refractivity contribution in [2.75, 3.05) is 25.0 Å². The molecule has 0 radical (unpaired) electrons. The summed E-state index contributed by atoms with van der Waals surface area (Å²) in [7, 11) is 1.80. The second kappa shape index (κ2) is 11.0. The van der Waals surface area contributed by atoms with Crippen LogP contribution in [0.3, 0.4) is 0 Å². The number of piperidine rings is 1. The third-order valence-electron chi connectivity index (χ3n) is 5.52. The van der Waals surface area contributed by atoms with Gasteiger partial charge >= 0.3 is 0 Å². The summed E-state index contributed by atoms with van der Waals surface area (Å²) in [6.45, 7) is 6.82. The van der Waals surface area contributed by atoms with Gasteiger partial charge in [0.2, 0.25) is 0 Å². The highest BCUT2D eigenvalue weighted by Crippen LogP contribution is 2.24. The number of hydrogen-bond acceptors (Lipinski definition) is 4. The van der Waals surface area contributed by atoms with E-state index in [1.165, 1.54) is 5.00 Å². The Hall–Kier alpha value is -2.54. The Balaban J connectivity index is 1.48. The summed E-state index contributed by atoms with van der Waals surface area (Å²) in [6.07, 6.45) is 3.09. The van der Waals surface area contributed by atoms with Crippen molar-refractivity contribution in [3.05, 3.63) is 52.9 Å². The molecule has 0 spiro atoms. The fourth-order valence-corrected chi connectivity index (χ4v) is 4.28. The lowest BCUT2D eigenvalue weighted by Gasteiger charge is -2.33. The van der Waals surface area contributed by atoms with Crippen LogP contribution in [-0.4, -0.2) is 44.1 Å². The first-order chi connectivity index (χ1) is 14.6. The van der Waals surface area contributed by atoms with Gasteiger partial charge in [-0.2, -0.15) is 0 Å². The van der Waals surface area contributed by atoms with E-state index < -0.39 is 0 Å². The van der Waals surface area contributed by atoms with Crippen LogP contribution in [0.2, 0.25) is 0 Å². The highest BCUT2D eigenvalue weighted by atomic mass is 32.1. The zero-order valence-corrected chi connectivity index (χ0v) is 19.0. The van der Waals surface area contributed by atoms with Gasteiger partial charge in [0, 0.05) is 44.3 Å². The maximum atomic E-state index is 12.4. The molecule has 1 amide bonds. The summed E-state index contributed by atoms with van der Waals surface area (Å²) < 4.78 is 0. The predicted octanol–water partition coefficient (Wildman–Crippen LogP) is 3.61. The van der Waals surface area contributed by atoms with Crippen molar-refractivity contribution < 1.29 is 4.79 Å². The number of thiophene rings is 1. The Morgan fingerprint density at radius 1 is 1.27 bits per heavy atom. The van der Waals surface area contributed by atoms with Gasteiger partial charge in [0.25, 0.3) is 5.91 Å². The number of nitrogens with one attached hydrogen (secondary N) is 3. The van der Waals surface area contributed by atoms with Gasteiger partial charge in [0.1, 0.15) is 0 Å². The van der Waals surface area contributed by atoms with Gasteiger partial charge < -0.3 is 20.9 Å². The normalized spacial score (nSPS) is 16.2. The third-order valence-corrected chi connectivity index (χ3v) is 6.45. The summed E-state index contributed by atoms with van der Waals surface area (Å²) >= 11 is 1.80. The number of anilines is 1. The molecular formula is C23H33N5OS. The zero-order valence-electron chi connectivity index (χ0n) is 18.1. The molecule has 1 saturated heterocycles. The summed E-state index contributed by atoms with van der Waals surface area (Å²) in [6, 6.07) is 12.6. The molecular weight excluding hydrogens is 394 g/mol. The summed E-state index contributed by atoms with van der Waals surface area (Å²) in [4.78, 5) is 19.2. The van der Waals surface area contributed by atoms with Crippen molar-refractivity contribution in [3.8, 4) is 0 Å². The molecule has 0 bridgehead atoms. The predicted molar refractivity (Wildman–Crippen MR) is 127 cm³/mol. The molecule has 1 aromatic heterocycles. The topological polar surface area (TPSA) is 68.8 Å². The summed E-state index contributed by atoms with van der Waals surface area (Å²) in [5.74, 6) is 0.783. The number of benzene rings is 1. The Morgan fingerprint density at radius 3 is 2.73 bits per heavy atom. The van der Waals surface area contributed by atoms with E-state index in [-0.39, 0.29) is 11.9 Å². The van der Waals surface area contributed by atoms with Crippen molar-refractivity contribution in [3.63, 3.8) is 0 Å². The van der Waals surface area contributed by atoms with Crippen LogP contribution in [0.4, 0.5) is 5.00 Å². The van der Waals surface area contributed by atoms with E-state index in [4.69, 9.17) is 0 Å². The monoisotopic (exact) mass is 427 g/mol. The van der Waals surface area contributed by atoms with Gasteiger partial charge in [-0.1, -0.05) is 19.1 Å². The van der Waals surface area contributed by atoms with E-state index >= 15 is 0 Å². The molecule has 1 fully saturated rings. The van der Waals surface area contributed by atoms with Crippen LogP contribution in [-0.2, 0) is 6.54 Å². The molecule has 3 N–H and O–H groups in total. The molecule has 2 heterocycles. The molecule has 0 saturated carbocycles. The fraction of sp³-hybridized carbons (Fsp3) is 0.478. The first-order valence-corrected chi connectivity index (χ1v) is 11.6. The number of guanidine groups is 1. The fourth-order valence-electron chi connectivity index (χ4n) is 3.50. The molecule has 3 rings (SSSR count). The van der Waals surface area contributed by atoms with Crippen LogP contribution < -0.4 is 20.9 Å². The standard InChI is InChI=1S/C23H33N5OS/c1-4-17(2)26-22(29)19-8-5-7-18(15-19)16-25-23(24-3)27-20-10-12-28(13-11-20)21-9-6-14-30-21/h5-9,14-15,17,20H,4,10-13,16H2,1-3H3,(H,26,29)(H2,24,25,27). The number of aliphatic imine (C=N–C) groups is 1. The minimum Gasteiger partial charge on any atom is -0.363 e. The largest absolute Gasteiger partial charge is 0.363 e. The van der Waals surface area contributed by atoms with E-state index in [9.17, 15) is 4.79 Å². The van der Waals surface area contributed by atoms with Gasteiger partial charge in [-0.15, -0.1) is 11.3 Å². The van der Waals surface area contributed by atoms with Crippen LogP contribution >= 0.6 is 11.3 Å². The van der Waals surface area contributed by atoms with E-state index in [2.05, 4.69) is 50.3 Å². The molecule has 2 aromatic rings. The van der Waals surface area contributed by atoms with Crippen molar-refractivity contribution in [2.24, 2.45) is 4.99 Å². The Labute approximate surface area is 183 Å². The molecule has 6 nitrogen and oxygen atoms in total. The van der Waals surface area contributed by atoms with E-state index in [0.29, 0.717) is 18.2 Å². The number of hydrogen-bond donors (Lipinski definition) is 3. The van der Waals surface area contributed by atoms with Gasteiger partial charge in [0.15, 0.2) is 5.96 Å². The van der Waals surface area contributed by atoms with E-state index in [1.54, 1.807) is 18.4 Å². The lowest BCUT2D eigenvalue weighted by Crippen LogP contribution is -2.48. The third kappa shape index (κ3) is 6.23. The lowest BCUT2D eigenvalue weighted by molar-refractivity contribution is 0.0939. The first-order valence-electron chi connectivity index (χ1n) is 10.7. The van der Waals surface area contributed by atoms with Gasteiger partial charge in [0.05, 0.1) is 5.00 Å². The maximum Gasteiger partial charge on any atom is 0.251 e. The second-order valence-corrected chi connectivity index (χ2v) is 8.69. The Bertz CT molecular complexity index is 828. The first kappa shape index (κ1) is 22.2. The SMILES string of the molecule is CCC(C)NC(=O)c1cccc(CNC(=NC)NC2CCN(c3cccs3)CC2)c1. The average molecular weight is 428 g/mol. The number of amides is 1. The van der Waals surface area contributed by atoms with Crippen molar-refractivity contribution in [2.45, 2.75) is 51.7 Å². The zero-order chi connectivity index (χ0) is 21.3. The number of carbonyl (C=O) groups excluding carboxylic acids is 1. The highest BCUT2D eigenvalue weighted by molar-refractivity contribution is 7.14. The second-order valence-electron chi connectivity index (χ2n) is 7.77. The maximum absolute atomic E-state index is 12.4. The molecule has 1 aromatic carbocycles. The summed E-state index contributed by atoms with van der Waals surface area (Å²) in [5.41, 5.74) is 1.75. The molecule has 7 heteroatoms. The molecule has 30 heavy (non-hydrogen) atoms. The lowest BCUT2D eigenvalue weighted by atomic mass is 10.1.